The minimum absolute atomic E-state index is 0.319. The number of hydrogen-bond donors (Lipinski definition) is 3. The Morgan fingerprint density at radius 3 is 2.90 bits per heavy atom. The molecule has 0 aliphatic rings. The van der Waals surface area contributed by atoms with Crippen LogP contribution >= 0.6 is 11.3 Å². The molecule has 0 radical (unpaired) electrons. The third kappa shape index (κ3) is 5.85. The molecule has 0 aliphatic carbocycles. The predicted molar refractivity (Wildman–Crippen MR) is 76.9 cm³/mol. The third-order valence-corrected chi connectivity index (χ3v) is 3.29. The van der Waals surface area contributed by atoms with E-state index in [1.54, 1.807) is 23.6 Å². The zero-order chi connectivity index (χ0) is 14.8. The molecule has 7 heteroatoms. The lowest BCUT2D eigenvalue weighted by atomic mass is 10.2. The lowest BCUT2D eigenvalue weighted by Gasteiger charge is -2.13. The molecular formula is C13H18N2O4S. The summed E-state index contributed by atoms with van der Waals surface area (Å²) in [5, 5.41) is 15.8. The van der Waals surface area contributed by atoms with Gasteiger partial charge in [-0.2, -0.15) is 0 Å². The van der Waals surface area contributed by atoms with Crippen LogP contribution in [0, 0.1) is 0 Å². The Kier molecular flexibility index (Phi) is 7.38. The van der Waals surface area contributed by atoms with E-state index in [0.717, 1.165) is 6.42 Å². The van der Waals surface area contributed by atoms with Crippen LogP contribution in [0.15, 0.2) is 30.2 Å². The molecule has 0 spiro atoms. The number of rotatable bonds is 9. The van der Waals surface area contributed by atoms with Crippen molar-refractivity contribution in [3.05, 3.63) is 35.0 Å². The first kappa shape index (κ1) is 16.2. The fourth-order valence-corrected chi connectivity index (χ4v) is 2.16. The van der Waals surface area contributed by atoms with Crippen molar-refractivity contribution in [3.63, 3.8) is 0 Å². The van der Waals surface area contributed by atoms with Gasteiger partial charge in [0.15, 0.2) is 6.04 Å². The van der Waals surface area contributed by atoms with Gasteiger partial charge in [-0.1, -0.05) is 12.1 Å². The van der Waals surface area contributed by atoms with E-state index in [1.807, 2.05) is 0 Å². The van der Waals surface area contributed by atoms with Crippen molar-refractivity contribution in [3.8, 4) is 0 Å². The Balaban J connectivity index is 2.29. The highest BCUT2D eigenvalue weighted by atomic mass is 32.1. The minimum atomic E-state index is -1.09. The molecule has 1 heterocycles. The fourth-order valence-electron chi connectivity index (χ4n) is 1.40. The summed E-state index contributed by atoms with van der Waals surface area (Å²) in [7, 11) is 0. The van der Waals surface area contributed by atoms with Gasteiger partial charge in [0.25, 0.3) is 0 Å². The van der Waals surface area contributed by atoms with Gasteiger partial charge in [-0.05, 0) is 17.9 Å². The Labute approximate surface area is 121 Å². The van der Waals surface area contributed by atoms with Crippen molar-refractivity contribution in [2.45, 2.75) is 12.5 Å². The van der Waals surface area contributed by atoms with Gasteiger partial charge in [-0.15, -0.1) is 17.9 Å². The van der Waals surface area contributed by atoms with Crippen LogP contribution in [0.3, 0.4) is 0 Å². The molecule has 1 aromatic heterocycles. The molecule has 2 amide bonds. The quantitative estimate of drug-likeness (QED) is 0.479. The maximum absolute atomic E-state index is 11.6. The molecule has 0 saturated carbocycles. The zero-order valence-corrected chi connectivity index (χ0v) is 11.8. The van der Waals surface area contributed by atoms with Crippen LogP contribution in [0.1, 0.15) is 17.3 Å². The lowest BCUT2D eigenvalue weighted by molar-refractivity contribution is -0.139. The minimum Gasteiger partial charge on any atom is -0.479 e. The zero-order valence-electron chi connectivity index (χ0n) is 11.0. The summed E-state index contributed by atoms with van der Waals surface area (Å²) < 4.78 is 5.22. The average molecular weight is 298 g/mol. The standard InChI is InChI=1S/C13H18N2O4S/c1-2-3-7-19-8-6-14-13(18)15-11(12(16)17)10-5-4-9-20-10/h2,4-5,9,11H,1,3,6-8H2,(H,16,17)(H2,14,15,18). The number of aliphatic carboxylic acids is 1. The molecule has 0 bridgehead atoms. The number of urea groups is 1. The van der Waals surface area contributed by atoms with E-state index in [9.17, 15) is 9.59 Å². The molecular weight excluding hydrogens is 280 g/mol. The van der Waals surface area contributed by atoms with E-state index in [0.29, 0.717) is 24.6 Å². The number of ether oxygens (including phenoxy) is 1. The molecule has 1 aromatic rings. The summed E-state index contributed by atoms with van der Waals surface area (Å²) in [5.41, 5.74) is 0. The smallest absolute Gasteiger partial charge is 0.331 e. The van der Waals surface area contributed by atoms with Gasteiger partial charge < -0.3 is 20.5 Å². The lowest BCUT2D eigenvalue weighted by Crippen LogP contribution is -2.41. The summed E-state index contributed by atoms with van der Waals surface area (Å²) in [6.07, 6.45) is 2.50. The second kappa shape index (κ2) is 9.11. The summed E-state index contributed by atoms with van der Waals surface area (Å²) in [6.45, 7) is 4.81. The molecule has 0 saturated heterocycles. The molecule has 1 atom stereocenters. The Bertz CT molecular complexity index is 434. The molecule has 3 N–H and O–H groups in total. The molecule has 6 nitrogen and oxygen atoms in total. The summed E-state index contributed by atoms with van der Waals surface area (Å²) >= 11 is 1.28. The molecule has 110 valence electrons. The van der Waals surface area contributed by atoms with Gasteiger partial charge in [0.1, 0.15) is 0 Å². The molecule has 20 heavy (non-hydrogen) atoms. The van der Waals surface area contributed by atoms with Crippen LogP contribution in [0.5, 0.6) is 0 Å². The topological polar surface area (TPSA) is 87.7 Å². The van der Waals surface area contributed by atoms with E-state index in [1.165, 1.54) is 11.3 Å². The first-order valence-electron chi connectivity index (χ1n) is 6.14. The molecule has 1 rings (SSSR count). The highest BCUT2D eigenvalue weighted by Crippen LogP contribution is 2.18. The van der Waals surface area contributed by atoms with Crippen LogP contribution in [-0.4, -0.2) is 36.9 Å². The Morgan fingerprint density at radius 2 is 2.30 bits per heavy atom. The van der Waals surface area contributed by atoms with Crippen molar-refractivity contribution in [2.75, 3.05) is 19.8 Å². The number of carboxylic acids is 1. The number of nitrogens with one attached hydrogen (secondary N) is 2. The number of carboxylic acid groups (broad SMARTS) is 1. The first-order valence-corrected chi connectivity index (χ1v) is 7.02. The molecule has 0 aromatic carbocycles. The summed E-state index contributed by atoms with van der Waals surface area (Å²) in [6, 6.07) is 1.85. The van der Waals surface area contributed by atoms with Crippen LogP contribution < -0.4 is 10.6 Å². The predicted octanol–water partition coefficient (Wildman–Crippen LogP) is 1.77. The van der Waals surface area contributed by atoms with Crippen LogP contribution in [0.2, 0.25) is 0 Å². The summed E-state index contributed by atoms with van der Waals surface area (Å²) in [5.74, 6) is -1.09. The SMILES string of the molecule is C=CCCOCCNC(=O)NC(C(=O)O)c1cccs1. The Morgan fingerprint density at radius 1 is 1.50 bits per heavy atom. The van der Waals surface area contributed by atoms with Crippen molar-refractivity contribution < 1.29 is 19.4 Å². The van der Waals surface area contributed by atoms with Gasteiger partial charge in [0, 0.05) is 11.4 Å². The Hall–Kier alpha value is -1.86. The molecule has 0 aliphatic heterocycles. The third-order valence-electron chi connectivity index (χ3n) is 2.35. The number of carbonyl (C=O) groups is 2. The van der Waals surface area contributed by atoms with E-state index in [2.05, 4.69) is 17.2 Å². The van der Waals surface area contributed by atoms with Crippen LogP contribution in [-0.2, 0) is 9.53 Å². The van der Waals surface area contributed by atoms with E-state index in [4.69, 9.17) is 9.84 Å². The fraction of sp³-hybridized carbons (Fsp3) is 0.385. The number of thiophene rings is 1. The average Bonchev–Trinajstić information content (AvgIpc) is 2.93. The van der Waals surface area contributed by atoms with E-state index in [-0.39, 0.29) is 0 Å². The number of carbonyl (C=O) groups excluding carboxylic acids is 1. The van der Waals surface area contributed by atoms with Gasteiger partial charge in [-0.25, -0.2) is 9.59 Å². The van der Waals surface area contributed by atoms with E-state index >= 15 is 0 Å². The van der Waals surface area contributed by atoms with Crippen molar-refractivity contribution in [1.82, 2.24) is 10.6 Å². The number of hydrogen-bond acceptors (Lipinski definition) is 4. The van der Waals surface area contributed by atoms with Crippen molar-refractivity contribution >= 4 is 23.3 Å². The monoisotopic (exact) mass is 298 g/mol. The van der Waals surface area contributed by atoms with E-state index < -0.39 is 18.0 Å². The highest BCUT2D eigenvalue weighted by Gasteiger charge is 2.22. The van der Waals surface area contributed by atoms with Crippen molar-refractivity contribution in [2.24, 2.45) is 0 Å². The van der Waals surface area contributed by atoms with Crippen molar-refractivity contribution in [1.29, 1.82) is 0 Å². The van der Waals surface area contributed by atoms with Crippen LogP contribution in [0.4, 0.5) is 4.79 Å². The van der Waals surface area contributed by atoms with Gasteiger partial charge >= 0.3 is 12.0 Å². The van der Waals surface area contributed by atoms with Crippen LogP contribution in [0.25, 0.3) is 0 Å². The normalized spacial score (nSPS) is 11.6. The molecule has 0 fully saturated rings. The summed E-state index contributed by atoms with van der Waals surface area (Å²) in [4.78, 5) is 23.3. The highest BCUT2D eigenvalue weighted by molar-refractivity contribution is 7.10. The van der Waals surface area contributed by atoms with Gasteiger partial charge in [0.05, 0.1) is 13.2 Å². The second-order valence-electron chi connectivity index (χ2n) is 3.88. The maximum atomic E-state index is 11.6. The first-order chi connectivity index (χ1) is 9.65. The number of amides is 2. The molecule has 1 unspecified atom stereocenters. The van der Waals surface area contributed by atoms with Gasteiger partial charge in [-0.3, -0.25) is 0 Å². The largest absolute Gasteiger partial charge is 0.479 e. The van der Waals surface area contributed by atoms with Gasteiger partial charge in [0.2, 0.25) is 0 Å². The second-order valence-corrected chi connectivity index (χ2v) is 4.86. The maximum Gasteiger partial charge on any atom is 0.331 e.